The van der Waals surface area contributed by atoms with Crippen molar-refractivity contribution in [3.63, 3.8) is 0 Å². The van der Waals surface area contributed by atoms with Crippen LogP contribution < -0.4 is 0 Å². The summed E-state index contributed by atoms with van der Waals surface area (Å²) in [5, 5.41) is 6.95. The minimum atomic E-state index is 0.218. The van der Waals surface area contributed by atoms with Gasteiger partial charge in [-0.15, -0.1) is 0 Å². The lowest BCUT2D eigenvalue weighted by Gasteiger charge is -1.52. The van der Waals surface area contributed by atoms with Crippen molar-refractivity contribution in [2.24, 2.45) is 15.1 Å². The lowest BCUT2D eigenvalue weighted by Crippen LogP contribution is -1.69. The van der Waals surface area contributed by atoms with Crippen molar-refractivity contribution in [3.05, 3.63) is 0 Å². The van der Waals surface area contributed by atoms with Crippen LogP contribution in [0, 0.1) is 0 Å². The molecule has 26 valence electrons. The molecule has 0 atom stereocenters. The lowest BCUT2D eigenvalue weighted by molar-refractivity contribution is 1.06. The summed E-state index contributed by atoms with van der Waals surface area (Å²) in [5.41, 5.74) is 0. The predicted octanol–water partition coefficient (Wildman–Crippen LogP) is -0.0552. The topological polar surface area (TPSA) is 37.1 Å². The first-order chi connectivity index (χ1) is 2.50. The lowest BCUT2D eigenvalue weighted by atomic mass is 11.5. The zero-order valence-corrected chi connectivity index (χ0v) is 3.78. The van der Waals surface area contributed by atoms with Gasteiger partial charge in [0, 0.05) is 0 Å². The van der Waals surface area contributed by atoms with Gasteiger partial charge in [-0.25, -0.2) is 0 Å². The van der Waals surface area contributed by atoms with E-state index < -0.39 is 0 Å². The standard InChI is InChI=1S/CH3N3Si/c1-2-3-4-5-1/h5H,1H2. The average Bonchev–Trinajstić information content (AvgIpc) is 1.76. The molecule has 0 N–H and O–H groups in total. The van der Waals surface area contributed by atoms with E-state index in [9.17, 15) is 0 Å². The molecule has 0 radical (unpaired) electrons. The maximum absolute atomic E-state index is 3.62. The van der Waals surface area contributed by atoms with Crippen molar-refractivity contribution >= 4 is 9.31 Å². The first-order valence-electron chi connectivity index (χ1n) is 1.38. The molecule has 0 aliphatic carbocycles. The van der Waals surface area contributed by atoms with Crippen LogP contribution in [0.25, 0.3) is 0 Å². The number of nitrogens with zero attached hydrogens (tertiary/aromatic N) is 3. The SMILES string of the molecule is C1N=NN=[SiH]1. The molecule has 1 aliphatic rings. The van der Waals surface area contributed by atoms with E-state index in [2.05, 4.69) is 15.1 Å². The Morgan fingerprint density at radius 2 is 2.60 bits per heavy atom. The quantitative estimate of drug-likeness (QED) is 0.370. The van der Waals surface area contributed by atoms with E-state index in [-0.39, 0.29) is 9.31 Å². The van der Waals surface area contributed by atoms with E-state index in [0.29, 0.717) is 0 Å². The third-order valence-electron chi connectivity index (χ3n) is 0.360. The minimum absolute atomic E-state index is 0.218. The van der Waals surface area contributed by atoms with Gasteiger partial charge in [0.1, 0.15) is 0 Å². The first-order valence-corrected chi connectivity index (χ1v) is 2.72. The number of hydrogen-bond donors (Lipinski definition) is 0. The summed E-state index contributed by atoms with van der Waals surface area (Å²) < 4.78 is 3.62. The van der Waals surface area contributed by atoms with Crippen LogP contribution in [0.5, 0.6) is 0 Å². The summed E-state index contributed by atoms with van der Waals surface area (Å²) in [6, 6.07) is 0. The van der Waals surface area contributed by atoms with Gasteiger partial charge in [-0.05, 0) is 0 Å². The molecule has 0 aromatic carbocycles. The molecule has 3 nitrogen and oxygen atoms in total. The summed E-state index contributed by atoms with van der Waals surface area (Å²) in [5.74, 6) is 0. The van der Waals surface area contributed by atoms with E-state index in [1.807, 2.05) is 0 Å². The van der Waals surface area contributed by atoms with Crippen molar-refractivity contribution in [1.29, 1.82) is 0 Å². The fourth-order valence-corrected chi connectivity index (χ4v) is 0.548. The van der Waals surface area contributed by atoms with Gasteiger partial charge in [-0.2, -0.15) is 9.86 Å². The Balaban J connectivity index is 2.61. The van der Waals surface area contributed by atoms with Crippen LogP contribution in [0.4, 0.5) is 0 Å². The van der Waals surface area contributed by atoms with Crippen LogP contribution >= 0.6 is 0 Å². The van der Waals surface area contributed by atoms with Crippen LogP contribution in [0.15, 0.2) is 15.1 Å². The summed E-state index contributed by atoms with van der Waals surface area (Å²) in [4.78, 5) is 0. The van der Waals surface area contributed by atoms with Crippen LogP contribution in [-0.4, -0.2) is 15.5 Å². The van der Waals surface area contributed by atoms with E-state index in [4.69, 9.17) is 0 Å². The highest BCUT2D eigenvalue weighted by molar-refractivity contribution is 6.22. The summed E-state index contributed by atoms with van der Waals surface area (Å²) >= 11 is 0. The molecule has 0 aromatic heterocycles. The highest BCUT2D eigenvalue weighted by atomic mass is 28.2. The van der Waals surface area contributed by atoms with Crippen molar-refractivity contribution in [3.8, 4) is 0 Å². The molecule has 5 heavy (non-hydrogen) atoms. The minimum Gasteiger partial charge on any atom is -0.196 e. The molecule has 0 amide bonds. The third kappa shape index (κ3) is 0.444. The Bertz CT molecular complexity index is 65.0. The first kappa shape index (κ1) is 2.83. The zero-order valence-electron chi connectivity index (χ0n) is 2.63. The molecule has 0 bridgehead atoms. The van der Waals surface area contributed by atoms with Crippen LogP contribution in [0.2, 0.25) is 0 Å². The number of hydrogen-bond acceptors (Lipinski definition) is 3. The molecular weight excluding hydrogens is 82.1 g/mol. The van der Waals surface area contributed by atoms with Gasteiger partial charge in [0.25, 0.3) is 0 Å². The molecule has 1 rings (SSSR count). The predicted molar refractivity (Wildman–Crippen MR) is 19.3 cm³/mol. The molecular formula is CH3N3Si. The van der Waals surface area contributed by atoms with Gasteiger partial charge in [0.05, 0.1) is 6.17 Å². The fourth-order valence-electron chi connectivity index (χ4n) is 0.183. The van der Waals surface area contributed by atoms with Crippen LogP contribution in [0.1, 0.15) is 0 Å². The zero-order chi connectivity index (χ0) is 3.54. The molecule has 1 aliphatic heterocycles. The van der Waals surface area contributed by atoms with Crippen molar-refractivity contribution < 1.29 is 0 Å². The molecule has 4 heteroatoms. The molecule has 0 spiro atoms. The summed E-state index contributed by atoms with van der Waals surface area (Å²) in [6.07, 6.45) is 0.875. The maximum Gasteiger partial charge on any atom is 0.169 e. The van der Waals surface area contributed by atoms with Crippen molar-refractivity contribution in [2.75, 3.05) is 6.17 Å². The third-order valence-corrected chi connectivity index (χ3v) is 0.953. The van der Waals surface area contributed by atoms with Gasteiger partial charge in [-0.1, -0.05) is 5.22 Å². The van der Waals surface area contributed by atoms with E-state index in [1.54, 1.807) is 0 Å². The van der Waals surface area contributed by atoms with Gasteiger partial charge in [0.2, 0.25) is 0 Å². The average molecular weight is 85.1 g/mol. The van der Waals surface area contributed by atoms with Gasteiger partial charge in [-0.3, -0.25) is 0 Å². The molecule has 0 aromatic rings. The largest absolute Gasteiger partial charge is 0.196 e. The second-order valence-electron chi connectivity index (χ2n) is 0.711. The second kappa shape index (κ2) is 1.16. The fraction of sp³-hybridized carbons (Fsp3) is 1.00. The maximum atomic E-state index is 3.62. The van der Waals surface area contributed by atoms with Gasteiger partial charge in [0.15, 0.2) is 9.31 Å². The van der Waals surface area contributed by atoms with E-state index in [0.717, 1.165) is 6.17 Å². The molecule has 0 fully saturated rings. The molecule has 1 heterocycles. The molecule has 0 unspecified atom stereocenters. The number of rotatable bonds is 0. The Labute approximate surface area is 31.6 Å². The van der Waals surface area contributed by atoms with Crippen molar-refractivity contribution in [1.82, 2.24) is 0 Å². The summed E-state index contributed by atoms with van der Waals surface area (Å²) in [7, 11) is 0.218. The van der Waals surface area contributed by atoms with Gasteiger partial charge < -0.3 is 0 Å². The smallest absolute Gasteiger partial charge is 0.169 e. The highest BCUT2D eigenvalue weighted by Gasteiger charge is 1.77. The van der Waals surface area contributed by atoms with Crippen LogP contribution in [-0.2, 0) is 0 Å². The summed E-state index contributed by atoms with van der Waals surface area (Å²) in [6.45, 7) is 0. The van der Waals surface area contributed by atoms with E-state index in [1.165, 1.54) is 0 Å². The Kier molecular flexibility index (Phi) is 0.658. The van der Waals surface area contributed by atoms with E-state index >= 15 is 0 Å². The monoisotopic (exact) mass is 85.0 g/mol. The van der Waals surface area contributed by atoms with Crippen molar-refractivity contribution in [2.45, 2.75) is 0 Å². The molecule has 0 saturated carbocycles. The van der Waals surface area contributed by atoms with Gasteiger partial charge >= 0.3 is 0 Å². The normalized spacial score (nSPS) is 17.6. The van der Waals surface area contributed by atoms with Crippen LogP contribution in [0.3, 0.4) is 0 Å². The molecule has 0 saturated heterocycles. The Hall–Kier alpha value is -0.383. The Morgan fingerprint density at radius 3 is 2.80 bits per heavy atom. The highest BCUT2D eigenvalue weighted by Crippen LogP contribution is 1.79. The Morgan fingerprint density at radius 1 is 1.60 bits per heavy atom. The second-order valence-corrected chi connectivity index (χ2v) is 1.67.